The molecule has 2 rings (SSSR count). The van der Waals surface area contributed by atoms with Gasteiger partial charge in [0, 0.05) is 31.2 Å². The summed E-state index contributed by atoms with van der Waals surface area (Å²) in [6, 6.07) is 5.97. The van der Waals surface area contributed by atoms with Gasteiger partial charge in [-0.15, -0.1) is 0 Å². The Morgan fingerprint density at radius 3 is 2.50 bits per heavy atom. The van der Waals surface area contributed by atoms with E-state index in [1.165, 1.54) is 12.8 Å². The number of rotatable bonds is 3. The van der Waals surface area contributed by atoms with Gasteiger partial charge in [-0.3, -0.25) is 4.90 Å². The average molecular weight is 297 g/mol. The van der Waals surface area contributed by atoms with E-state index in [1.54, 1.807) is 6.07 Å². The molecule has 3 nitrogen and oxygen atoms in total. The summed E-state index contributed by atoms with van der Waals surface area (Å²) in [5, 5.41) is 13.4. The number of benzene rings is 1. The van der Waals surface area contributed by atoms with Gasteiger partial charge in [0.2, 0.25) is 0 Å². The van der Waals surface area contributed by atoms with Crippen molar-refractivity contribution in [3.05, 3.63) is 28.8 Å². The second-order valence-electron chi connectivity index (χ2n) is 6.60. The molecule has 0 unspecified atom stereocenters. The Hall–Kier alpha value is -0.770. The lowest BCUT2D eigenvalue weighted by Crippen LogP contribution is -2.49. The topological polar surface area (TPSA) is 35.5 Å². The van der Waals surface area contributed by atoms with Crippen LogP contribution in [0.5, 0.6) is 5.75 Å². The molecule has 0 aliphatic carbocycles. The molecule has 1 fully saturated rings. The van der Waals surface area contributed by atoms with Crippen LogP contribution in [0, 0.1) is 0 Å². The highest BCUT2D eigenvalue weighted by atomic mass is 35.5. The first kappa shape index (κ1) is 15.6. The van der Waals surface area contributed by atoms with E-state index in [9.17, 15) is 5.11 Å². The first-order valence-electron chi connectivity index (χ1n) is 7.32. The van der Waals surface area contributed by atoms with Crippen molar-refractivity contribution in [2.45, 2.75) is 51.7 Å². The molecule has 1 aromatic rings. The van der Waals surface area contributed by atoms with Crippen LogP contribution in [0.1, 0.15) is 39.2 Å². The van der Waals surface area contributed by atoms with E-state index in [2.05, 4.69) is 31.0 Å². The van der Waals surface area contributed by atoms with Crippen LogP contribution in [-0.2, 0) is 6.54 Å². The minimum absolute atomic E-state index is 0.147. The van der Waals surface area contributed by atoms with Crippen LogP contribution in [0.2, 0.25) is 5.02 Å². The molecule has 1 aromatic carbocycles. The lowest BCUT2D eigenvalue weighted by atomic mass is 9.98. The zero-order valence-electron chi connectivity index (χ0n) is 12.6. The van der Waals surface area contributed by atoms with E-state index < -0.39 is 0 Å². The van der Waals surface area contributed by atoms with Gasteiger partial charge in [0.05, 0.1) is 5.02 Å². The summed E-state index contributed by atoms with van der Waals surface area (Å²) < 4.78 is 0. The number of phenolic OH excluding ortho intramolecular Hbond substituents is 1. The smallest absolute Gasteiger partial charge is 0.134 e. The third-order valence-corrected chi connectivity index (χ3v) is 4.35. The van der Waals surface area contributed by atoms with Crippen molar-refractivity contribution in [1.29, 1.82) is 0 Å². The highest BCUT2D eigenvalue weighted by molar-refractivity contribution is 6.32. The molecule has 1 aliphatic rings. The van der Waals surface area contributed by atoms with Crippen molar-refractivity contribution in [3.63, 3.8) is 0 Å². The molecule has 0 spiro atoms. The number of hydrogen-bond donors (Lipinski definition) is 2. The summed E-state index contributed by atoms with van der Waals surface area (Å²) in [6.45, 7) is 9.94. The summed E-state index contributed by atoms with van der Waals surface area (Å²) >= 11 is 5.92. The number of piperidine rings is 1. The third kappa shape index (κ3) is 4.11. The van der Waals surface area contributed by atoms with Crippen molar-refractivity contribution in [2.24, 2.45) is 0 Å². The van der Waals surface area contributed by atoms with E-state index in [1.807, 2.05) is 12.1 Å². The molecule has 0 atom stereocenters. The van der Waals surface area contributed by atoms with Gasteiger partial charge in [-0.2, -0.15) is 0 Å². The first-order valence-corrected chi connectivity index (χ1v) is 7.70. The average Bonchev–Trinajstić information content (AvgIpc) is 2.40. The van der Waals surface area contributed by atoms with Gasteiger partial charge >= 0.3 is 0 Å². The molecular formula is C16H25ClN2O. The van der Waals surface area contributed by atoms with E-state index in [0.717, 1.165) is 25.2 Å². The Morgan fingerprint density at radius 1 is 1.30 bits per heavy atom. The van der Waals surface area contributed by atoms with E-state index in [4.69, 9.17) is 11.6 Å². The molecule has 0 bridgehead atoms. The van der Waals surface area contributed by atoms with Crippen molar-refractivity contribution >= 4 is 11.6 Å². The Morgan fingerprint density at radius 2 is 1.95 bits per heavy atom. The maximum Gasteiger partial charge on any atom is 0.134 e. The van der Waals surface area contributed by atoms with Gasteiger partial charge in [0.1, 0.15) is 5.75 Å². The van der Waals surface area contributed by atoms with E-state index >= 15 is 0 Å². The van der Waals surface area contributed by atoms with Crippen molar-refractivity contribution < 1.29 is 5.11 Å². The van der Waals surface area contributed by atoms with Crippen molar-refractivity contribution in [3.8, 4) is 5.75 Å². The van der Waals surface area contributed by atoms with Gasteiger partial charge < -0.3 is 10.4 Å². The molecule has 2 N–H and O–H groups in total. The maximum absolute atomic E-state index is 9.41. The number of nitrogens with zero attached hydrogens (tertiary/aromatic N) is 1. The first-order chi connectivity index (χ1) is 9.36. The van der Waals surface area contributed by atoms with E-state index in [0.29, 0.717) is 11.1 Å². The second kappa shape index (κ2) is 6.33. The zero-order valence-corrected chi connectivity index (χ0v) is 13.4. The highest BCUT2D eigenvalue weighted by Gasteiger charge is 2.26. The molecule has 1 saturated heterocycles. The van der Waals surface area contributed by atoms with Crippen LogP contribution < -0.4 is 5.32 Å². The SMILES string of the molecule is CC(C)(C)N1CCC(NCc2ccc(O)c(Cl)c2)CC1. The van der Waals surface area contributed by atoms with Gasteiger partial charge in [-0.1, -0.05) is 17.7 Å². The molecule has 0 radical (unpaired) electrons. The molecular weight excluding hydrogens is 272 g/mol. The summed E-state index contributed by atoms with van der Waals surface area (Å²) in [5.41, 5.74) is 1.39. The Kier molecular flexibility index (Phi) is 4.95. The Balaban J connectivity index is 1.80. The normalized spacial score (nSPS) is 18.4. The summed E-state index contributed by atoms with van der Waals surface area (Å²) in [7, 11) is 0. The minimum atomic E-state index is 0.147. The van der Waals surface area contributed by atoms with Crippen molar-refractivity contribution in [1.82, 2.24) is 10.2 Å². The number of halogens is 1. The largest absolute Gasteiger partial charge is 0.506 e. The molecule has 0 saturated carbocycles. The van der Waals surface area contributed by atoms with Crippen LogP contribution >= 0.6 is 11.6 Å². The maximum atomic E-state index is 9.41. The highest BCUT2D eigenvalue weighted by Crippen LogP contribution is 2.24. The molecule has 0 aromatic heterocycles. The predicted molar refractivity (Wildman–Crippen MR) is 84.3 cm³/mol. The number of nitrogens with one attached hydrogen (secondary N) is 1. The Labute approximate surface area is 126 Å². The number of phenols is 1. The fourth-order valence-electron chi connectivity index (χ4n) is 2.68. The van der Waals surface area contributed by atoms with Crippen LogP contribution in [-0.4, -0.2) is 34.7 Å². The molecule has 0 amide bonds. The van der Waals surface area contributed by atoms with Crippen molar-refractivity contribution in [2.75, 3.05) is 13.1 Å². The summed E-state index contributed by atoms with van der Waals surface area (Å²) in [5.74, 6) is 0.147. The third-order valence-electron chi connectivity index (χ3n) is 4.05. The quantitative estimate of drug-likeness (QED) is 0.897. The number of hydrogen-bond acceptors (Lipinski definition) is 3. The van der Waals surface area contributed by atoms with Gasteiger partial charge in [-0.05, 0) is 51.3 Å². The molecule has 20 heavy (non-hydrogen) atoms. The Bertz CT molecular complexity index is 448. The molecule has 1 aliphatic heterocycles. The van der Waals surface area contributed by atoms with Crippen LogP contribution in [0.15, 0.2) is 18.2 Å². The summed E-state index contributed by atoms with van der Waals surface area (Å²) in [4.78, 5) is 2.54. The van der Waals surface area contributed by atoms with Gasteiger partial charge in [-0.25, -0.2) is 0 Å². The van der Waals surface area contributed by atoms with Crippen LogP contribution in [0.3, 0.4) is 0 Å². The second-order valence-corrected chi connectivity index (χ2v) is 7.01. The lowest BCUT2D eigenvalue weighted by molar-refractivity contribution is 0.0960. The molecule has 1 heterocycles. The number of aromatic hydroxyl groups is 1. The standard InChI is InChI=1S/C16H25ClN2O/c1-16(2,3)19-8-6-13(7-9-19)18-11-12-4-5-15(20)14(17)10-12/h4-5,10,13,18,20H,6-9,11H2,1-3H3. The fraction of sp³-hybridized carbons (Fsp3) is 0.625. The van der Waals surface area contributed by atoms with Crippen LogP contribution in [0.25, 0.3) is 0 Å². The molecule has 4 heteroatoms. The number of likely N-dealkylation sites (tertiary alicyclic amines) is 1. The van der Waals surface area contributed by atoms with Gasteiger partial charge in [0.25, 0.3) is 0 Å². The predicted octanol–water partition coefficient (Wildman–Crippen LogP) is 3.40. The fourth-order valence-corrected chi connectivity index (χ4v) is 2.88. The summed E-state index contributed by atoms with van der Waals surface area (Å²) in [6.07, 6.45) is 2.37. The minimum Gasteiger partial charge on any atom is -0.506 e. The zero-order chi connectivity index (χ0) is 14.8. The monoisotopic (exact) mass is 296 g/mol. The van der Waals surface area contributed by atoms with Gasteiger partial charge in [0.15, 0.2) is 0 Å². The lowest BCUT2D eigenvalue weighted by Gasteiger charge is -2.41. The molecule has 112 valence electrons. The van der Waals surface area contributed by atoms with E-state index in [-0.39, 0.29) is 11.3 Å². The van der Waals surface area contributed by atoms with Crippen LogP contribution in [0.4, 0.5) is 0 Å².